The highest BCUT2D eigenvalue weighted by molar-refractivity contribution is 4.82. The fourth-order valence-electron chi connectivity index (χ4n) is 0.699. The van der Waals surface area contributed by atoms with E-state index >= 15 is 0 Å². The number of rotatable bonds is 4. The Morgan fingerprint density at radius 3 is 2.50 bits per heavy atom. The Morgan fingerprint density at radius 2 is 2.08 bits per heavy atom. The third kappa shape index (κ3) is 7.56. The first-order chi connectivity index (χ1) is 5.12. The lowest BCUT2D eigenvalue weighted by molar-refractivity contribution is -0.927. The SMILES string of the molecule is C#CC[N+](C)(C)NCCC#N.[Br-]. The third-order valence-corrected chi connectivity index (χ3v) is 1.26. The monoisotopic (exact) mass is 231 g/mol. The zero-order valence-electron chi connectivity index (χ0n) is 7.47. The van der Waals surface area contributed by atoms with Crippen LogP contribution in [-0.4, -0.2) is 31.8 Å². The number of quaternary nitrogens is 1. The van der Waals surface area contributed by atoms with Gasteiger partial charge in [-0.1, -0.05) is 0 Å². The van der Waals surface area contributed by atoms with Gasteiger partial charge in [-0.3, -0.25) is 0 Å². The maximum absolute atomic E-state index is 8.26. The summed E-state index contributed by atoms with van der Waals surface area (Å²) < 4.78 is 0.568. The van der Waals surface area contributed by atoms with Crippen molar-refractivity contribution in [3.63, 3.8) is 0 Å². The molecule has 0 saturated carbocycles. The molecule has 0 aromatic rings. The van der Waals surface area contributed by atoms with Crippen molar-refractivity contribution in [2.45, 2.75) is 6.42 Å². The van der Waals surface area contributed by atoms with Crippen molar-refractivity contribution in [2.24, 2.45) is 0 Å². The van der Waals surface area contributed by atoms with E-state index in [9.17, 15) is 0 Å². The van der Waals surface area contributed by atoms with Crippen molar-refractivity contribution in [3.8, 4) is 18.4 Å². The van der Waals surface area contributed by atoms with Crippen LogP contribution in [0.15, 0.2) is 0 Å². The largest absolute Gasteiger partial charge is 1.00 e. The quantitative estimate of drug-likeness (QED) is 0.244. The van der Waals surface area contributed by atoms with E-state index in [-0.39, 0.29) is 17.0 Å². The van der Waals surface area contributed by atoms with Crippen LogP contribution in [0.2, 0.25) is 0 Å². The molecule has 0 atom stereocenters. The topological polar surface area (TPSA) is 35.8 Å². The molecule has 0 spiro atoms. The first-order valence-electron chi connectivity index (χ1n) is 3.51. The number of nitrogens with zero attached hydrogens (tertiary/aromatic N) is 2. The Morgan fingerprint density at radius 1 is 1.50 bits per heavy atom. The summed E-state index contributed by atoms with van der Waals surface area (Å²) in [6, 6.07) is 2.06. The normalized spacial score (nSPS) is 9.33. The van der Waals surface area contributed by atoms with E-state index < -0.39 is 0 Å². The van der Waals surface area contributed by atoms with Crippen LogP contribution in [-0.2, 0) is 0 Å². The highest BCUT2D eigenvalue weighted by Gasteiger charge is 2.10. The van der Waals surface area contributed by atoms with E-state index in [2.05, 4.69) is 17.4 Å². The summed E-state index contributed by atoms with van der Waals surface area (Å²) >= 11 is 0. The molecule has 0 aliphatic heterocycles. The van der Waals surface area contributed by atoms with Crippen molar-refractivity contribution < 1.29 is 21.6 Å². The Balaban J connectivity index is 0. The maximum atomic E-state index is 8.26. The molecule has 0 bridgehead atoms. The molecule has 0 amide bonds. The van der Waals surface area contributed by atoms with Crippen LogP contribution in [0.5, 0.6) is 0 Å². The molecule has 0 aliphatic carbocycles. The van der Waals surface area contributed by atoms with Crippen LogP contribution in [0, 0.1) is 23.7 Å². The van der Waals surface area contributed by atoms with E-state index in [0.29, 0.717) is 24.1 Å². The smallest absolute Gasteiger partial charge is 0.157 e. The molecular formula is C8H14BrN3. The van der Waals surface area contributed by atoms with Gasteiger partial charge in [-0.2, -0.15) is 10.7 Å². The maximum Gasteiger partial charge on any atom is 0.157 e. The van der Waals surface area contributed by atoms with E-state index in [1.165, 1.54) is 0 Å². The van der Waals surface area contributed by atoms with Crippen molar-refractivity contribution in [1.29, 1.82) is 5.26 Å². The summed E-state index contributed by atoms with van der Waals surface area (Å²) in [5, 5.41) is 8.26. The molecule has 0 fully saturated rings. The van der Waals surface area contributed by atoms with Gasteiger partial charge in [-0.05, 0) is 5.92 Å². The van der Waals surface area contributed by atoms with Crippen molar-refractivity contribution in [2.75, 3.05) is 27.2 Å². The number of halogens is 1. The van der Waals surface area contributed by atoms with Gasteiger partial charge in [-0.25, -0.2) is 4.59 Å². The van der Waals surface area contributed by atoms with Crippen LogP contribution in [0.4, 0.5) is 0 Å². The molecule has 4 heteroatoms. The summed E-state index contributed by atoms with van der Waals surface area (Å²) in [4.78, 5) is 0. The minimum Gasteiger partial charge on any atom is -1.00 e. The lowest BCUT2D eigenvalue weighted by atomic mass is 10.5. The fraction of sp³-hybridized carbons (Fsp3) is 0.625. The Bertz CT molecular complexity index is 187. The second kappa shape index (κ2) is 7.12. The molecule has 0 heterocycles. The lowest BCUT2D eigenvalue weighted by Gasteiger charge is -2.26. The van der Waals surface area contributed by atoms with Gasteiger partial charge < -0.3 is 17.0 Å². The first-order valence-corrected chi connectivity index (χ1v) is 3.51. The Labute approximate surface area is 84.7 Å². The summed E-state index contributed by atoms with van der Waals surface area (Å²) in [5.74, 6) is 2.56. The zero-order chi connectivity index (χ0) is 8.74. The summed E-state index contributed by atoms with van der Waals surface area (Å²) in [5.41, 5.74) is 3.13. The second-order valence-electron chi connectivity index (χ2n) is 2.86. The molecule has 0 radical (unpaired) electrons. The zero-order valence-corrected chi connectivity index (χ0v) is 9.06. The highest BCUT2D eigenvalue weighted by atomic mass is 79.9. The molecule has 0 aromatic carbocycles. The van der Waals surface area contributed by atoms with Crippen LogP contribution in [0.1, 0.15) is 6.42 Å². The molecule has 0 aromatic heterocycles. The number of terminal acetylenes is 1. The summed E-state index contributed by atoms with van der Waals surface area (Å²) in [7, 11) is 3.94. The highest BCUT2D eigenvalue weighted by Crippen LogP contribution is 1.88. The van der Waals surface area contributed by atoms with Crippen LogP contribution >= 0.6 is 0 Å². The standard InChI is InChI=1S/C8H14N3.BrH/c1-4-8-11(2,3)10-7-5-6-9;/h1,10H,5,7-8H2,2-3H3;1H/q+1;/p-1. The Kier molecular flexibility index (Phi) is 8.31. The first kappa shape index (κ1) is 14.0. The third-order valence-electron chi connectivity index (χ3n) is 1.26. The molecule has 0 aliphatic rings. The van der Waals surface area contributed by atoms with E-state index in [0.717, 1.165) is 0 Å². The molecule has 0 unspecified atom stereocenters. The lowest BCUT2D eigenvalue weighted by Crippen LogP contribution is -3.00. The Hall–Kier alpha value is -0.550. The number of hydrogen-bond donors (Lipinski definition) is 1. The molecule has 0 saturated heterocycles. The number of nitriles is 1. The number of hydrogen-bond acceptors (Lipinski definition) is 2. The van der Waals surface area contributed by atoms with Crippen molar-refractivity contribution >= 4 is 0 Å². The van der Waals surface area contributed by atoms with Crippen molar-refractivity contribution in [3.05, 3.63) is 0 Å². The van der Waals surface area contributed by atoms with Crippen LogP contribution in [0.3, 0.4) is 0 Å². The second-order valence-corrected chi connectivity index (χ2v) is 2.86. The molecule has 0 rings (SSSR count). The molecule has 12 heavy (non-hydrogen) atoms. The van der Waals surface area contributed by atoms with Crippen molar-refractivity contribution in [1.82, 2.24) is 5.43 Å². The molecule has 68 valence electrons. The average molecular weight is 232 g/mol. The average Bonchev–Trinajstić information content (AvgIpc) is 1.87. The minimum absolute atomic E-state index is 0. The number of nitrogens with one attached hydrogen (secondary N) is 1. The van der Waals surface area contributed by atoms with Gasteiger partial charge in [-0.15, -0.1) is 6.42 Å². The van der Waals surface area contributed by atoms with Crippen LogP contribution in [0.25, 0.3) is 0 Å². The van der Waals surface area contributed by atoms with E-state index in [1.54, 1.807) is 0 Å². The molecule has 3 nitrogen and oxygen atoms in total. The summed E-state index contributed by atoms with van der Waals surface area (Å²) in [6.45, 7) is 1.32. The van der Waals surface area contributed by atoms with Crippen LogP contribution < -0.4 is 22.4 Å². The van der Waals surface area contributed by atoms with E-state index in [4.69, 9.17) is 11.7 Å². The van der Waals surface area contributed by atoms with Gasteiger partial charge in [0.2, 0.25) is 0 Å². The van der Waals surface area contributed by atoms with Gasteiger partial charge >= 0.3 is 0 Å². The van der Waals surface area contributed by atoms with Gasteiger partial charge in [0.05, 0.1) is 33.1 Å². The molecule has 1 N–H and O–H groups in total. The minimum atomic E-state index is 0. The molecular weight excluding hydrogens is 218 g/mol. The predicted molar refractivity (Wildman–Crippen MR) is 44.0 cm³/mol. The van der Waals surface area contributed by atoms with Gasteiger partial charge in [0.15, 0.2) is 6.54 Å². The van der Waals surface area contributed by atoms with E-state index in [1.807, 2.05) is 14.1 Å². The predicted octanol–water partition coefficient (Wildman–Crippen LogP) is -2.88. The van der Waals surface area contributed by atoms with Gasteiger partial charge in [0.25, 0.3) is 0 Å². The van der Waals surface area contributed by atoms with Gasteiger partial charge in [0, 0.05) is 0 Å². The van der Waals surface area contributed by atoms with Gasteiger partial charge in [0.1, 0.15) is 0 Å². The summed E-state index contributed by atoms with van der Waals surface area (Å²) in [6.07, 6.45) is 5.67. The fourth-order valence-corrected chi connectivity index (χ4v) is 0.699.